The average molecular weight is 304 g/mol. The molecular formula is C12H20N2O3S2. The maximum Gasteiger partial charge on any atom is 0.247 e. The molecule has 0 aliphatic rings. The van der Waals surface area contributed by atoms with E-state index in [0.29, 0.717) is 10.8 Å². The predicted molar refractivity (Wildman–Crippen MR) is 76.5 cm³/mol. The van der Waals surface area contributed by atoms with Crippen molar-refractivity contribution in [3.05, 3.63) is 17.0 Å². The van der Waals surface area contributed by atoms with Gasteiger partial charge in [-0.2, -0.15) is 0 Å². The molecule has 1 unspecified atom stereocenters. The van der Waals surface area contributed by atoms with Crippen molar-refractivity contribution in [1.29, 1.82) is 0 Å². The molecule has 0 saturated heterocycles. The van der Waals surface area contributed by atoms with Crippen LogP contribution in [0.2, 0.25) is 0 Å². The van der Waals surface area contributed by atoms with Gasteiger partial charge in [0.15, 0.2) is 0 Å². The van der Waals surface area contributed by atoms with Gasteiger partial charge >= 0.3 is 0 Å². The summed E-state index contributed by atoms with van der Waals surface area (Å²) in [7, 11) is -3.67. The first-order valence-electron chi connectivity index (χ1n) is 6.15. The predicted octanol–water partition coefficient (Wildman–Crippen LogP) is 1.49. The van der Waals surface area contributed by atoms with Crippen molar-refractivity contribution < 1.29 is 13.2 Å². The molecule has 0 aliphatic carbocycles. The molecule has 0 radical (unpaired) electrons. The molecule has 19 heavy (non-hydrogen) atoms. The first kappa shape index (κ1) is 16.1. The first-order valence-corrected chi connectivity index (χ1v) is 8.51. The molecule has 1 aromatic heterocycles. The van der Waals surface area contributed by atoms with Gasteiger partial charge in [-0.3, -0.25) is 4.79 Å². The molecule has 0 saturated carbocycles. The highest BCUT2D eigenvalue weighted by Gasteiger charge is 2.16. The number of amides is 1. The van der Waals surface area contributed by atoms with E-state index in [-0.39, 0.29) is 22.6 Å². The molecule has 5 nitrogen and oxygen atoms in total. The molecule has 1 amide bonds. The number of thiophene rings is 1. The number of hydrogen-bond acceptors (Lipinski definition) is 4. The summed E-state index contributed by atoms with van der Waals surface area (Å²) >= 11 is 1.04. The molecule has 1 heterocycles. The monoisotopic (exact) mass is 304 g/mol. The van der Waals surface area contributed by atoms with Gasteiger partial charge in [0.05, 0.1) is 6.42 Å². The van der Waals surface area contributed by atoms with E-state index in [1.165, 1.54) is 6.07 Å². The molecule has 3 N–H and O–H groups in total. The van der Waals surface area contributed by atoms with E-state index >= 15 is 0 Å². The van der Waals surface area contributed by atoms with E-state index in [9.17, 15) is 13.2 Å². The summed E-state index contributed by atoms with van der Waals surface area (Å²) in [5.74, 6) is 0.278. The lowest BCUT2D eigenvalue weighted by molar-refractivity contribution is -0.121. The van der Waals surface area contributed by atoms with Crippen molar-refractivity contribution in [3.63, 3.8) is 0 Å². The summed E-state index contributed by atoms with van der Waals surface area (Å²) < 4.78 is 22.4. The second-order valence-electron chi connectivity index (χ2n) is 4.77. The molecule has 0 fully saturated rings. The third kappa shape index (κ3) is 4.93. The number of primary sulfonamides is 1. The fourth-order valence-electron chi connectivity index (χ4n) is 1.76. The van der Waals surface area contributed by atoms with Gasteiger partial charge in [-0.25, -0.2) is 13.6 Å². The largest absolute Gasteiger partial charge is 0.353 e. The van der Waals surface area contributed by atoms with Crippen LogP contribution in [0.3, 0.4) is 0 Å². The van der Waals surface area contributed by atoms with Crippen molar-refractivity contribution >= 4 is 27.3 Å². The minimum atomic E-state index is -3.67. The van der Waals surface area contributed by atoms with Crippen molar-refractivity contribution in [2.75, 3.05) is 0 Å². The normalized spacial score (nSPS) is 13.5. The third-order valence-electron chi connectivity index (χ3n) is 2.84. The van der Waals surface area contributed by atoms with Crippen LogP contribution in [0.1, 0.15) is 32.1 Å². The highest BCUT2D eigenvalue weighted by atomic mass is 32.2. The van der Waals surface area contributed by atoms with Crippen LogP contribution in [-0.4, -0.2) is 20.4 Å². The second kappa shape index (κ2) is 6.49. The Kier molecular flexibility index (Phi) is 5.51. The van der Waals surface area contributed by atoms with E-state index in [4.69, 9.17) is 5.14 Å². The van der Waals surface area contributed by atoms with E-state index in [0.717, 1.165) is 17.8 Å². The Morgan fingerprint density at radius 3 is 2.47 bits per heavy atom. The summed E-state index contributed by atoms with van der Waals surface area (Å²) in [6.45, 7) is 6.13. The number of nitrogens with one attached hydrogen (secondary N) is 1. The van der Waals surface area contributed by atoms with Gasteiger partial charge in [0.2, 0.25) is 15.9 Å². The van der Waals surface area contributed by atoms with E-state index in [1.54, 1.807) is 6.07 Å². The van der Waals surface area contributed by atoms with Crippen LogP contribution in [0, 0.1) is 5.92 Å². The summed E-state index contributed by atoms with van der Waals surface area (Å²) in [6.07, 6.45) is 1.06. The van der Waals surface area contributed by atoms with Crippen LogP contribution in [0.15, 0.2) is 16.3 Å². The van der Waals surface area contributed by atoms with Gasteiger partial charge in [0.25, 0.3) is 0 Å². The van der Waals surface area contributed by atoms with Crippen LogP contribution in [0.4, 0.5) is 0 Å². The van der Waals surface area contributed by atoms with Gasteiger partial charge in [-0.05, 0) is 24.5 Å². The second-order valence-corrected chi connectivity index (χ2v) is 7.73. The van der Waals surface area contributed by atoms with Gasteiger partial charge in [-0.1, -0.05) is 20.8 Å². The van der Waals surface area contributed by atoms with Crippen LogP contribution in [0.5, 0.6) is 0 Å². The lowest BCUT2D eigenvalue weighted by Gasteiger charge is -2.20. The lowest BCUT2D eigenvalue weighted by atomic mass is 10.0. The molecule has 0 aromatic carbocycles. The zero-order chi connectivity index (χ0) is 14.6. The fraction of sp³-hybridized carbons (Fsp3) is 0.583. The highest BCUT2D eigenvalue weighted by molar-refractivity contribution is 7.91. The SMILES string of the molecule is CCC(NC(=O)Cc1ccc(S(N)(=O)=O)s1)C(C)C. The molecular weight excluding hydrogens is 284 g/mol. The maximum atomic E-state index is 11.9. The smallest absolute Gasteiger partial charge is 0.247 e. The lowest BCUT2D eigenvalue weighted by Crippen LogP contribution is -2.38. The molecule has 0 aliphatic heterocycles. The Bertz CT molecular complexity index is 535. The fourth-order valence-corrected chi connectivity index (χ4v) is 3.54. The zero-order valence-corrected chi connectivity index (χ0v) is 13.0. The van der Waals surface area contributed by atoms with Crippen LogP contribution in [-0.2, 0) is 21.2 Å². The van der Waals surface area contributed by atoms with Crippen LogP contribution < -0.4 is 10.5 Å². The highest BCUT2D eigenvalue weighted by Crippen LogP contribution is 2.20. The van der Waals surface area contributed by atoms with Crippen LogP contribution >= 0.6 is 11.3 Å². The molecule has 1 aromatic rings. The summed E-state index contributed by atoms with van der Waals surface area (Å²) in [6, 6.07) is 3.20. The quantitative estimate of drug-likeness (QED) is 0.834. The average Bonchev–Trinajstić information content (AvgIpc) is 2.73. The molecule has 1 rings (SSSR count). The summed E-state index contributed by atoms with van der Waals surface area (Å²) in [4.78, 5) is 12.6. The van der Waals surface area contributed by atoms with Crippen molar-refractivity contribution in [2.24, 2.45) is 11.1 Å². The third-order valence-corrected chi connectivity index (χ3v) is 5.37. The van der Waals surface area contributed by atoms with E-state index in [1.807, 2.05) is 6.92 Å². The number of rotatable bonds is 6. The Morgan fingerprint density at radius 1 is 1.42 bits per heavy atom. The minimum absolute atomic E-state index is 0.0891. The van der Waals surface area contributed by atoms with Gasteiger partial charge < -0.3 is 5.32 Å². The number of carbonyl (C=O) groups excluding carboxylic acids is 1. The van der Waals surface area contributed by atoms with Gasteiger partial charge in [-0.15, -0.1) is 11.3 Å². The number of nitrogens with two attached hydrogens (primary N) is 1. The zero-order valence-electron chi connectivity index (χ0n) is 11.3. The van der Waals surface area contributed by atoms with Crippen molar-refractivity contribution in [3.8, 4) is 0 Å². The Labute approximate surface area is 118 Å². The maximum absolute atomic E-state index is 11.9. The standard InChI is InChI=1S/C12H20N2O3S2/c1-4-10(8(2)3)14-11(15)7-9-5-6-12(18-9)19(13,16)17/h5-6,8,10H,4,7H2,1-3H3,(H,14,15)(H2,13,16,17). The number of carbonyl (C=O) groups is 1. The molecule has 1 atom stereocenters. The Hall–Kier alpha value is -0.920. The van der Waals surface area contributed by atoms with Gasteiger partial charge in [0, 0.05) is 10.9 Å². The Balaban J connectivity index is 2.65. The molecule has 7 heteroatoms. The van der Waals surface area contributed by atoms with Gasteiger partial charge in [0.1, 0.15) is 4.21 Å². The summed E-state index contributed by atoms with van der Waals surface area (Å²) in [5, 5.41) is 7.97. The van der Waals surface area contributed by atoms with Crippen LogP contribution in [0.25, 0.3) is 0 Å². The van der Waals surface area contributed by atoms with E-state index in [2.05, 4.69) is 19.2 Å². The topological polar surface area (TPSA) is 89.3 Å². The first-order chi connectivity index (χ1) is 8.74. The molecule has 108 valence electrons. The van der Waals surface area contributed by atoms with Crippen molar-refractivity contribution in [1.82, 2.24) is 5.32 Å². The van der Waals surface area contributed by atoms with E-state index < -0.39 is 10.0 Å². The summed E-state index contributed by atoms with van der Waals surface area (Å²) in [5.41, 5.74) is 0. The number of hydrogen-bond donors (Lipinski definition) is 2. The molecule has 0 spiro atoms. The molecule has 0 bridgehead atoms. The number of sulfonamides is 1. The Morgan fingerprint density at radius 2 is 2.05 bits per heavy atom. The minimum Gasteiger partial charge on any atom is -0.353 e. The van der Waals surface area contributed by atoms with Crippen molar-refractivity contribution in [2.45, 2.75) is 43.9 Å².